The lowest BCUT2D eigenvalue weighted by Crippen LogP contribution is -2.47. The average Bonchev–Trinajstić information content (AvgIpc) is 3.01. The van der Waals surface area contributed by atoms with Gasteiger partial charge in [0.15, 0.2) is 5.69 Å². The first-order valence-corrected chi connectivity index (χ1v) is 8.11. The second-order valence-electron chi connectivity index (χ2n) is 6.12. The van der Waals surface area contributed by atoms with Gasteiger partial charge in [-0.1, -0.05) is 19.3 Å². The summed E-state index contributed by atoms with van der Waals surface area (Å²) < 4.78 is 9.87. The fourth-order valence-electron chi connectivity index (χ4n) is 2.72. The molecule has 0 spiro atoms. The molecule has 1 fully saturated rings. The number of rotatable bonds is 5. The smallest absolute Gasteiger partial charge is 0.360 e. The van der Waals surface area contributed by atoms with Crippen molar-refractivity contribution in [2.45, 2.75) is 64.6 Å². The molecule has 1 saturated carbocycles. The highest BCUT2D eigenvalue weighted by atomic mass is 16.5. The van der Waals surface area contributed by atoms with Gasteiger partial charge in [0.05, 0.1) is 13.7 Å². The van der Waals surface area contributed by atoms with Crippen molar-refractivity contribution >= 4 is 12.0 Å². The summed E-state index contributed by atoms with van der Waals surface area (Å²) >= 11 is 0. The number of esters is 1. The van der Waals surface area contributed by atoms with E-state index in [1.165, 1.54) is 19.8 Å². The van der Waals surface area contributed by atoms with Crippen molar-refractivity contribution in [2.75, 3.05) is 7.11 Å². The van der Waals surface area contributed by atoms with E-state index in [0.717, 1.165) is 25.7 Å². The van der Waals surface area contributed by atoms with Crippen LogP contribution in [0.2, 0.25) is 0 Å². The Hall–Kier alpha value is -2.05. The van der Waals surface area contributed by atoms with Crippen molar-refractivity contribution in [3.63, 3.8) is 0 Å². The third-order valence-corrected chi connectivity index (χ3v) is 4.07. The molecule has 0 radical (unpaired) electrons. The monoisotopic (exact) mass is 323 g/mol. The highest BCUT2D eigenvalue weighted by Gasteiger charge is 2.24. The first-order chi connectivity index (χ1) is 11.0. The number of amides is 2. The van der Waals surface area contributed by atoms with Crippen LogP contribution >= 0.6 is 0 Å². The Balaban J connectivity index is 1.98. The molecular weight excluding hydrogens is 298 g/mol. The van der Waals surface area contributed by atoms with Crippen LogP contribution < -0.4 is 5.32 Å². The van der Waals surface area contributed by atoms with Gasteiger partial charge in [0, 0.05) is 12.1 Å². The number of ether oxygens (including phenoxy) is 1. The predicted octanol–water partition coefficient (Wildman–Crippen LogP) is 2.71. The molecule has 1 aromatic rings. The standard InChI is InChI=1S/C16H25N3O4/c1-11(2)19(16(21)17-12-7-5-4-6-8-12)9-14-18-13(10-23-14)15(20)22-3/h10-12H,4-9H2,1-3H3,(H,17,21). The van der Waals surface area contributed by atoms with Crippen LogP contribution in [-0.2, 0) is 11.3 Å². The Labute approximate surface area is 136 Å². The molecule has 2 rings (SSSR count). The van der Waals surface area contributed by atoms with Crippen molar-refractivity contribution < 1.29 is 18.7 Å². The highest BCUT2D eigenvalue weighted by molar-refractivity contribution is 5.86. The van der Waals surface area contributed by atoms with Gasteiger partial charge in [0.2, 0.25) is 5.89 Å². The minimum atomic E-state index is -0.553. The molecule has 1 aliphatic carbocycles. The van der Waals surface area contributed by atoms with E-state index in [4.69, 9.17) is 4.42 Å². The molecule has 1 aliphatic rings. The third kappa shape index (κ3) is 4.71. The third-order valence-electron chi connectivity index (χ3n) is 4.07. The van der Waals surface area contributed by atoms with Crippen molar-refractivity contribution in [1.29, 1.82) is 0 Å². The molecule has 1 aromatic heterocycles. The molecule has 0 atom stereocenters. The van der Waals surface area contributed by atoms with Gasteiger partial charge in [-0.25, -0.2) is 14.6 Å². The molecule has 7 nitrogen and oxygen atoms in total. The van der Waals surface area contributed by atoms with Gasteiger partial charge < -0.3 is 19.4 Å². The summed E-state index contributed by atoms with van der Waals surface area (Å²) in [5.41, 5.74) is 0.110. The maximum atomic E-state index is 12.5. The first kappa shape index (κ1) is 17.3. The predicted molar refractivity (Wildman–Crippen MR) is 83.9 cm³/mol. The van der Waals surface area contributed by atoms with Crippen molar-refractivity contribution in [2.24, 2.45) is 0 Å². The summed E-state index contributed by atoms with van der Waals surface area (Å²) in [6.07, 6.45) is 6.88. The van der Waals surface area contributed by atoms with E-state index < -0.39 is 5.97 Å². The summed E-state index contributed by atoms with van der Waals surface area (Å²) in [6, 6.07) is 0.115. The van der Waals surface area contributed by atoms with E-state index in [0.29, 0.717) is 5.89 Å². The van der Waals surface area contributed by atoms with E-state index in [2.05, 4.69) is 15.0 Å². The molecule has 128 valence electrons. The minimum Gasteiger partial charge on any atom is -0.464 e. The summed E-state index contributed by atoms with van der Waals surface area (Å²) in [4.78, 5) is 29.6. The average molecular weight is 323 g/mol. The van der Waals surface area contributed by atoms with E-state index in [-0.39, 0.29) is 30.4 Å². The van der Waals surface area contributed by atoms with E-state index in [9.17, 15) is 9.59 Å². The summed E-state index contributed by atoms with van der Waals surface area (Å²) in [7, 11) is 1.29. The molecule has 0 bridgehead atoms. The van der Waals surface area contributed by atoms with Gasteiger partial charge >= 0.3 is 12.0 Å². The molecule has 1 N–H and O–H groups in total. The van der Waals surface area contributed by atoms with Gasteiger partial charge in [-0.2, -0.15) is 0 Å². The molecule has 7 heteroatoms. The number of aromatic nitrogens is 1. The zero-order chi connectivity index (χ0) is 16.8. The van der Waals surface area contributed by atoms with Crippen LogP contribution in [0, 0.1) is 0 Å². The summed E-state index contributed by atoms with van der Waals surface area (Å²) in [6.45, 7) is 4.09. The molecule has 0 unspecified atom stereocenters. The maximum Gasteiger partial charge on any atom is 0.360 e. The number of methoxy groups -OCH3 is 1. The fraction of sp³-hybridized carbons (Fsp3) is 0.688. The van der Waals surface area contributed by atoms with Gasteiger partial charge in [0.25, 0.3) is 0 Å². The van der Waals surface area contributed by atoms with Crippen LogP contribution in [-0.4, -0.2) is 41.1 Å². The number of carbonyl (C=O) groups excluding carboxylic acids is 2. The number of urea groups is 1. The Morgan fingerprint density at radius 2 is 2.09 bits per heavy atom. The minimum absolute atomic E-state index is 0.00735. The molecular formula is C16H25N3O4. The van der Waals surface area contributed by atoms with Gasteiger partial charge in [-0.15, -0.1) is 0 Å². The normalized spacial score (nSPS) is 15.5. The molecule has 0 aliphatic heterocycles. The van der Waals surface area contributed by atoms with Crippen LogP contribution in [0.15, 0.2) is 10.7 Å². The second-order valence-corrected chi connectivity index (χ2v) is 6.12. The van der Waals surface area contributed by atoms with E-state index >= 15 is 0 Å². The summed E-state index contributed by atoms with van der Waals surface area (Å²) in [5, 5.41) is 3.09. The number of carbonyl (C=O) groups is 2. The largest absolute Gasteiger partial charge is 0.464 e. The topological polar surface area (TPSA) is 84.7 Å². The molecule has 23 heavy (non-hydrogen) atoms. The quantitative estimate of drug-likeness (QED) is 0.842. The fourth-order valence-corrected chi connectivity index (χ4v) is 2.72. The number of nitrogens with one attached hydrogen (secondary N) is 1. The van der Waals surface area contributed by atoms with Crippen molar-refractivity contribution in [3.8, 4) is 0 Å². The Morgan fingerprint density at radius 1 is 1.39 bits per heavy atom. The van der Waals surface area contributed by atoms with E-state index in [1.807, 2.05) is 13.8 Å². The van der Waals surface area contributed by atoms with Crippen LogP contribution in [0.3, 0.4) is 0 Å². The van der Waals surface area contributed by atoms with Crippen LogP contribution in [0.25, 0.3) is 0 Å². The molecule has 1 heterocycles. The van der Waals surface area contributed by atoms with Gasteiger partial charge in [-0.05, 0) is 26.7 Å². The van der Waals surface area contributed by atoms with Crippen LogP contribution in [0.5, 0.6) is 0 Å². The zero-order valence-corrected chi connectivity index (χ0v) is 14.0. The Kier molecular flexibility index (Phi) is 6.01. The summed E-state index contributed by atoms with van der Waals surface area (Å²) in [5.74, 6) is -0.236. The van der Waals surface area contributed by atoms with Crippen molar-refractivity contribution in [3.05, 3.63) is 17.8 Å². The maximum absolute atomic E-state index is 12.5. The Morgan fingerprint density at radius 3 is 2.70 bits per heavy atom. The van der Waals surface area contributed by atoms with Gasteiger partial charge in [-0.3, -0.25) is 0 Å². The Bertz CT molecular complexity index is 535. The molecule has 0 aromatic carbocycles. The highest BCUT2D eigenvalue weighted by Crippen LogP contribution is 2.18. The molecule has 2 amide bonds. The lowest BCUT2D eigenvalue weighted by atomic mass is 9.96. The second kappa shape index (κ2) is 7.99. The van der Waals surface area contributed by atoms with E-state index in [1.54, 1.807) is 4.90 Å². The lowest BCUT2D eigenvalue weighted by Gasteiger charge is -2.30. The van der Waals surface area contributed by atoms with Crippen LogP contribution in [0.4, 0.5) is 4.79 Å². The van der Waals surface area contributed by atoms with Gasteiger partial charge in [0.1, 0.15) is 6.26 Å². The first-order valence-electron chi connectivity index (χ1n) is 8.11. The molecule has 0 saturated heterocycles. The number of oxazole rings is 1. The zero-order valence-electron chi connectivity index (χ0n) is 14.0. The van der Waals surface area contributed by atoms with Crippen molar-refractivity contribution in [1.82, 2.24) is 15.2 Å². The number of nitrogens with zero attached hydrogens (tertiary/aromatic N) is 2. The number of hydrogen-bond acceptors (Lipinski definition) is 5. The lowest BCUT2D eigenvalue weighted by molar-refractivity contribution is 0.0594. The number of hydrogen-bond donors (Lipinski definition) is 1. The van der Waals surface area contributed by atoms with Crippen LogP contribution in [0.1, 0.15) is 62.3 Å². The SMILES string of the molecule is COC(=O)c1coc(CN(C(=O)NC2CCCCC2)C(C)C)n1.